The molecule has 0 radical (unpaired) electrons. The molecule has 0 bridgehead atoms. The quantitative estimate of drug-likeness (QED) is 0.718. The maximum Gasteiger partial charge on any atom is 0.219 e. The molecule has 1 amide bonds. The second kappa shape index (κ2) is 7.80. The van der Waals surface area contributed by atoms with Crippen molar-refractivity contribution in [1.82, 2.24) is 9.55 Å². The molecule has 1 aliphatic carbocycles. The van der Waals surface area contributed by atoms with Gasteiger partial charge in [-0.1, -0.05) is 30.3 Å². The van der Waals surface area contributed by atoms with Gasteiger partial charge >= 0.3 is 0 Å². The lowest BCUT2D eigenvalue weighted by atomic mass is 9.90. The number of benzene rings is 1. The summed E-state index contributed by atoms with van der Waals surface area (Å²) in [6.07, 6.45) is 6.69. The van der Waals surface area contributed by atoms with E-state index in [1.807, 2.05) is 30.3 Å². The Hall–Kier alpha value is -3.21. The largest absolute Gasteiger partial charge is 0.370 e. The zero-order valence-corrected chi connectivity index (χ0v) is 15.7. The highest BCUT2D eigenvalue weighted by Gasteiger charge is 2.30. The van der Waals surface area contributed by atoms with Crippen LogP contribution in [0.5, 0.6) is 0 Å². The van der Waals surface area contributed by atoms with E-state index in [9.17, 15) is 9.59 Å². The molecule has 0 unspecified atom stereocenters. The summed E-state index contributed by atoms with van der Waals surface area (Å²) in [6, 6.07) is 14.1. The number of carbonyl (C=O) groups excluding carboxylic acids is 2. The Morgan fingerprint density at radius 1 is 1.07 bits per heavy atom. The molecule has 2 aromatic heterocycles. The molecule has 0 aliphatic heterocycles. The van der Waals surface area contributed by atoms with Crippen LogP contribution in [-0.2, 0) is 24.2 Å². The average Bonchev–Trinajstić information content (AvgIpc) is 3.02. The minimum atomic E-state index is -0.338. The van der Waals surface area contributed by atoms with Gasteiger partial charge in [0.2, 0.25) is 5.91 Å². The molecule has 0 spiro atoms. The molecule has 3 aromatic rings. The lowest BCUT2D eigenvalue weighted by Crippen LogP contribution is -2.18. The monoisotopic (exact) mass is 373 g/mol. The van der Waals surface area contributed by atoms with Gasteiger partial charge in [-0.25, -0.2) is 0 Å². The lowest BCUT2D eigenvalue weighted by Gasteiger charge is -2.16. The second-order valence-electron chi connectivity index (χ2n) is 7.19. The summed E-state index contributed by atoms with van der Waals surface area (Å²) in [5.41, 5.74) is 11.5. The molecule has 2 heterocycles. The van der Waals surface area contributed by atoms with Gasteiger partial charge in [-0.2, -0.15) is 0 Å². The van der Waals surface area contributed by atoms with Crippen LogP contribution in [0.1, 0.15) is 46.4 Å². The fourth-order valence-corrected chi connectivity index (χ4v) is 4.14. The zero-order valence-electron chi connectivity index (χ0n) is 15.7. The third kappa shape index (κ3) is 3.48. The zero-order chi connectivity index (χ0) is 19.5. The lowest BCUT2D eigenvalue weighted by molar-refractivity contribution is -0.118. The third-order valence-corrected chi connectivity index (χ3v) is 5.33. The van der Waals surface area contributed by atoms with Gasteiger partial charge in [-0.05, 0) is 36.1 Å². The molecule has 1 aliphatic rings. The van der Waals surface area contributed by atoms with Crippen LogP contribution >= 0.6 is 0 Å². The first-order valence-electron chi connectivity index (χ1n) is 9.65. The van der Waals surface area contributed by atoms with E-state index < -0.39 is 0 Å². The van der Waals surface area contributed by atoms with Gasteiger partial charge in [0.05, 0.1) is 5.69 Å². The van der Waals surface area contributed by atoms with Gasteiger partial charge in [-0.3, -0.25) is 14.6 Å². The van der Waals surface area contributed by atoms with E-state index in [1.165, 1.54) is 0 Å². The van der Waals surface area contributed by atoms with Gasteiger partial charge in [0.1, 0.15) is 0 Å². The first-order chi connectivity index (χ1) is 13.6. The first-order valence-corrected chi connectivity index (χ1v) is 9.65. The first kappa shape index (κ1) is 18.2. The molecule has 2 N–H and O–H groups in total. The highest BCUT2D eigenvalue weighted by Crippen LogP contribution is 2.37. The Morgan fingerprint density at radius 3 is 2.54 bits per heavy atom. The van der Waals surface area contributed by atoms with E-state index in [4.69, 9.17) is 5.73 Å². The van der Waals surface area contributed by atoms with Crippen molar-refractivity contribution >= 4 is 11.7 Å². The van der Waals surface area contributed by atoms with Crippen molar-refractivity contribution in [2.75, 3.05) is 0 Å². The van der Waals surface area contributed by atoms with Gasteiger partial charge < -0.3 is 10.3 Å². The number of rotatable bonds is 6. The van der Waals surface area contributed by atoms with Crippen molar-refractivity contribution in [3.05, 3.63) is 77.2 Å². The SMILES string of the molecule is NC(=O)CCn1c2c(c(Cc3ccccc3)c1-c1ccncc1)C(=O)CCC2. The number of nitrogens with two attached hydrogens (primary N) is 1. The van der Waals surface area contributed by atoms with E-state index in [0.29, 0.717) is 19.4 Å². The van der Waals surface area contributed by atoms with Crippen LogP contribution in [0.15, 0.2) is 54.9 Å². The van der Waals surface area contributed by atoms with Crippen LogP contribution in [0.25, 0.3) is 11.3 Å². The predicted octanol–water partition coefficient (Wildman–Crippen LogP) is 3.54. The Kier molecular flexibility index (Phi) is 5.06. The number of pyridine rings is 1. The summed E-state index contributed by atoms with van der Waals surface area (Å²) in [6.45, 7) is 0.484. The van der Waals surface area contributed by atoms with E-state index in [-0.39, 0.29) is 18.1 Å². The molecule has 142 valence electrons. The topological polar surface area (TPSA) is 78.0 Å². The van der Waals surface area contributed by atoms with Gasteiger partial charge in [0, 0.05) is 55.0 Å². The normalized spacial score (nSPS) is 13.4. The van der Waals surface area contributed by atoms with Crippen molar-refractivity contribution in [3.8, 4) is 11.3 Å². The number of primary amides is 1. The summed E-state index contributed by atoms with van der Waals surface area (Å²) in [5.74, 6) is -0.143. The van der Waals surface area contributed by atoms with Crippen molar-refractivity contribution in [1.29, 1.82) is 0 Å². The minimum Gasteiger partial charge on any atom is -0.370 e. The smallest absolute Gasteiger partial charge is 0.219 e. The van der Waals surface area contributed by atoms with Gasteiger partial charge in [-0.15, -0.1) is 0 Å². The number of hydrogen-bond donors (Lipinski definition) is 1. The predicted molar refractivity (Wildman–Crippen MR) is 108 cm³/mol. The fraction of sp³-hybridized carbons (Fsp3) is 0.261. The summed E-state index contributed by atoms with van der Waals surface area (Å²) < 4.78 is 2.14. The van der Waals surface area contributed by atoms with E-state index in [2.05, 4.69) is 21.7 Å². The van der Waals surface area contributed by atoms with Gasteiger partial charge in [0.25, 0.3) is 0 Å². The second-order valence-corrected chi connectivity index (χ2v) is 7.19. The summed E-state index contributed by atoms with van der Waals surface area (Å²) in [4.78, 5) is 28.5. The van der Waals surface area contributed by atoms with Crippen LogP contribution in [0.3, 0.4) is 0 Å². The molecule has 0 fully saturated rings. The molecule has 0 atom stereocenters. The number of hydrogen-bond acceptors (Lipinski definition) is 3. The van der Waals surface area contributed by atoms with Gasteiger partial charge in [0.15, 0.2) is 5.78 Å². The Morgan fingerprint density at radius 2 is 1.82 bits per heavy atom. The maximum absolute atomic E-state index is 12.9. The molecule has 28 heavy (non-hydrogen) atoms. The highest BCUT2D eigenvalue weighted by atomic mass is 16.1. The van der Waals surface area contributed by atoms with Crippen molar-refractivity contribution in [2.24, 2.45) is 5.73 Å². The number of Topliss-reactive ketones (excluding diaryl/α,β-unsaturated/α-hetero) is 1. The number of amides is 1. The van der Waals surface area contributed by atoms with Crippen LogP contribution in [-0.4, -0.2) is 21.2 Å². The summed E-state index contributed by atoms with van der Waals surface area (Å²) in [5, 5.41) is 0. The minimum absolute atomic E-state index is 0.195. The molecule has 5 nitrogen and oxygen atoms in total. The van der Waals surface area contributed by atoms with E-state index >= 15 is 0 Å². The number of nitrogens with zero attached hydrogens (tertiary/aromatic N) is 2. The molecule has 0 saturated heterocycles. The number of aromatic nitrogens is 2. The standard InChI is InChI=1S/C23H23N3O2/c24-21(28)11-14-26-19-7-4-8-20(27)22(19)18(15-16-5-2-1-3-6-16)23(26)17-9-12-25-13-10-17/h1-3,5-6,9-10,12-13H,4,7-8,11,14-15H2,(H2,24,28). The van der Waals surface area contributed by atoms with Crippen molar-refractivity contribution < 1.29 is 9.59 Å². The highest BCUT2D eigenvalue weighted by molar-refractivity contribution is 6.02. The molecular formula is C23H23N3O2. The molecular weight excluding hydrogens is 350 g/mol. The summed E-state index contributed by atoms with van der Waals surface area (Å²) in [7, 11) is 0. The molecule has 5 heteroatoms. The van der Waals surface area contributed by atoms with Crippen LogP contribution in [0, 0.1) is 0 Å². The van der Waals surface area contributed by atoms with Crippen LogP contribution in [0.4, 0.5) is 0 Å². The van der Waals surface area contributed by atoms with E-state index in [0.717, 1.165) is 46.5 Å². The Bertz CT molecular complexity index is 1010. The van der Waals surface area contributed by atoms with Crippen molar-refractivity contribution in [2.45, 2.75) is 38.6 Å². The maximum atomic E-state index is 12.9. The Balaban J connectivity index is 1.93. The summed E-state index contributed by atoms with van der Waals surface area (Å²) >= 11 is 0. The Labute approximate surface area is 164 Å². The fourth-order valence-electron chi connectivity index (χ4n) is 4.14. The third-order valence-electron chi connectivity index (χ3n) is 5.33. The van der Waals surface area contributed by atoms with Crippen molar-refractivity contribution in [3.63, 3.8) is 0 Å². The van der Waals surface area contributed by atoms with Crippen LogP contribution in [0.2, 0.25) is 0 Å². The van der Waals surface area contributed by atoms with Crippen LogP contribution < -0.4 is 5.73 Å². The molecule has 4 rings (SSSR count). The number of carbonyl (C=O) groups is 2. The molecule has 0 saturated carbocycles. The average molecular weight is 373 g/mol. The van der Waals surface area contributed by atoms with E-state index in [1.54, 1.807) is 12.4 Å². The number of fused-ring (bicyclic) bond motifs is 1. The molecule has 1 aromatic carbocycles. The number of ketones is 1.